The molecule has 3 heteroatoms. The normalized spacial score (nSPS) is 11.9. The molecule has 0 bridgehead atoms. The van der Waals surface area contributed by atoms with Crippen LogP contribution < -0.4 is 0 Å². The van der Waals surface area contributed by atoms with E-state index in [0.29, 0.717) is 0 Å². The van der Waals surface area contributed by atoms with Gasteiger partial charge in [-0.05, 0) is 73.9 Å². The molecule has 0 aromatic heterocycles. The number of aliphatic imine (C=N–C) groups is 2. The van der Waals surface area contributed by atoms with Gasteiger partial charge in [-0.25, -0.2) is 0 Å². The zero-order valence-corrected chi connectivity index (χ0v) is 53.2. The van der Waals surface area contributed by atoms with Gasteiger partial charge in [0.15, 0.2) is 0 Å². The first-order valence-electron chi connectivity index (χ1n) is 35.0. The molecule has 0 heterocycles. The molecule has 2 aromatic carbocycles. The Bertz CT molecular complexity index is 1490. The molecule has 2 nitrogen and oxygen atoms in total. The Balaban J connectivity index is 0.0000296. The van der Waals surface area contributed by atoms with Crippen molar-refractivity contribution >= 4 is 23.3 Å². The average Bonchev–Trinajstić information content (AvgIpc) is 3.44. The third kappa shape index (κ3) is 50.9. The molecule has 77 heavy (non-hydrogen) atoms. The molecule has 0 radical (unpaired) electrons. The minimum absolute atomic E-state index is 0. The van der Waals surface area contributed by atoms with E-state index in [1.807, 2.05) is 0 Å². The van der Waals surface area contributed by atoms with Crippen molar-refractivity contribution in [1.29, 1.82) is 0 Å². The van der Waals surface area contributed by atoms with Gasteiger partial charge in [0.2, 0.25) is 0 Å². The first-order valence-corrected chi connectivity index (χ1v) is 35.0. The maximum Gasteiger partial charge on any atom is 0.0633 e. The van der Waals surface area contributed by atoms with Crippen LogP contribution in [-0.4, -0.2) is 11.9 Å². The number of hydrogen-bond acceptors (Lipinski definition) is 2. The van der Waals surface area contributed by atoms with Crippen molar-refractivity contribution in [3.63, 3.8) is 0 Å². The Morgan fingerprint density at radius 2 is 0.468 bits per heavy atom. The molecule has 0 N–H and O–H groups in total. The van der Waals surface area contributed by atoms with Gasteiger partial charge < -0.3 is 0 Å². The van der Waals surface area contributed by atoms with Gasteiger partial charge in [0.25, 0.3) is 0 Å². The zero-order valence-electron chi connectivity index (χ0n) is 52.2. The summed E-state index contributed by atoms with van der Waals surface area (Å²) in [6.45, 7) is 6.92. The van der Waals surface area contributed by atoms with E-state index in [1.165, 1.54) is 371 Å². The van der Waals surface area contributed by atoms with Gasteiger partial charge in [-0.3, -0.25) is 9.98 Å². The molecular formula is C74H132N2Ni. The van der Waals surface area contributed by atoms with Gasteiger partial charge in [0.1, 0.15) is 0 Å². The van der Waals surface area contributed by atoms with Crippen LogP contribution in [0.4, 0.5) is 11.4 Å². The van der Waals surface area contributed by atoms with Gasteiger partial charge in [0.05, 0.1) is 17.1 Å². The first kappa shape index (κ1) is 73.3. The molecule has 0 aliphatic heterocycles. The predicted octanol–water partition coefficient (Wildman–Crippen LogP) is 26.8. The molecule has 2 rings (SSSR count). The Kier molecular flexibility index (Phi) is 57.5. The zero-order chi connectivity index (χ0) is 54.0. The third-order valence-corrected chi connectivity index (χ3v) is 16.9. The van der Waals surface area contributed by atoms with Crippen LogP contribution in [0.25, 0.3) is 0 Å². The van der Waals surface area contributed by atoms with Crippen LogP contribution in [-0.2, 0) is 29.3 Å². The number of benzene rings is 2. The van der Waals surface area contributed by atoms with E-state index >= 15 is 0 Å². The monoisotopic (exact) mass is 1110 g/mol. The van der Waals surface area contributed by atoms with Gasteiger partial charge in [0, 0.05) is 22.7 Å². The number of hydrogen-bond donors (Lipinski definition) is 0. The quantitative estimate of drug-likeness (QED) is 0.0358. The number of unbranched alkanes of at least 4 members (excludes halogenated alkanes) is 51. The summed E-state index contributed by atoms with van der Waals surface area (Å²) in [7, 11) is 0. The van der Waals surface area contributed by atoms with Crippen molar-refractivity contribution in [2.75, 3.05) is 0 Å². The topological polar surface area (TPSA) is 24.7 Å². The summed E-state index contributed by atoms with van der Waals surface area (Å²) in [6.07, 6.45) is 82.5. The van der Waals surface area contributed by atoms with Crippen LogP contribution in [0, 0.1) is 0 Å². The fourth-order valence-electron chi connectivity index (χ4n) is 11.6. The van der Waals surface area contributed by atoms with Crippen LogP contribution in [0.2, 0.25) is 0 Å². The molecule has 0 spiro atoms. The summed E-state index contributed by atoms with van der Waals surface area (Å²) in [6, 6.07) is 18.1. The van der Waals surface area contributed by atoms with Crippen LogP contribution in [0.15, 0.2) is 58.5 Å². The van der Waals surface area contributed by atoms with Crippen LogP contribution >= 0.6 is 0 Å². The first-order chi connectivity index (χ1) is 37.7. The number of rotatable bonds is 60. The van der Waals surface area contributed by atoms with E-state index in [0.717, 1.165) is 23.5 Å². The summed E-state index contributed by atoms with van der Waals surface area (Å²) >= 11 is 0. The summed E-state index contributed by atoms with van der Waals surface area (Å²) in [5.74, 6) is 0. The molecule has 0 atom stereocenters. The van der Waals surface area contributed by atoms with Gasteiger partial charge in [-0.15, -0.1) is 0 Å². The van der Waals surface area contributed by atoms with E-state index < -0.39 is 0 Å². The maximum atomic E-state index is 5.15. The molecule has 2 aromatic rings. The Morgan fingerprint density at radius 1 is 0.260 bits per heavy atom. The molecule has 0 saturated carbocycles. The molecule has 0 amide bonds. The van der Waals surface area contributed by atoms with Gasteiger partial charge in [-0.1, -0.05) is 372 Å². The Labute approximate surface area is 493 Å². The fraction of sp³-hybridized carbons (Fsp3) is 0.811. The smallest absolute Gasteiger partial charge is 0.0633 e. The maximum absolute atomic E-state index is 5.15. The summed E-state index contributed by atoms with van der Waals surface area (Å²) in [5.41, 5.74) is 6.12. The van der Waals surface area contributed by atoms with Crippen molar-refractivity contribution < 1.29 is 16.5 Å². The number of nitrogens with zero attached hydrogens (tertiary/aromatic N) is 2. The van der Waals surface area contributed by atoms with Gasteiger partial charge >= 0.3 is 0 Å². The summed E-state index contributed by atoms with van der Waals surface area (Å²) < 4.78 is 0. The summed E-state index contributed by atoms with van der Waals surface area (Å²) in [4.78, 5) is 10.1. The van der Waals surface area contributed by atoms with E-state index in [2.05, 4.69) is 75.5 Å². The fourth-order valence-corrected chi connectivity index (χ4v) is 11.6. The minimum atomic E-state index is 0. The van der Waals surface area contributed by atoms with Crippen molar-refractivity contribution in [3.05, 3.63) is 59.7 Å². The minimum Gasteiger partial charge on any atom is -0.255 e. The molecule has 448 valence electrons. The molecular weight excluding hydrogens is 976 g/mol. The summed E-state index contributed by atoms with van der Waals surface area (Å²) in [5, 5.41) is 0. The van der Waals surface area contributed by atoms with Crippen molar-refractivity contribution in [2.45, 2.75) is 387 Å². The van der Waals surface area contributed by atoms with Crippen molar-refractivity contribution in [1.82, 2.24) is 0 Å². The second kappa shape index (κ2) is 60.4. The van der Waals surface area contributed by atoms with Crippen molar-refractivity contribution in [3.8, 4) is 0 Å². The van der Waals surface area contributed by atoms with Crippen molar-refractivity contribution in [2.24, 2.45) is 9.98 Å². The average molecular weight is 1110 g/mol. The predicted molar refractivity (Wildman–Crippen MR) is 346 cm³/mol. The SMILES string of the molecule is CCCCCCCCCCCCCCCCCCCCCCCCCCc1ccc(N=CC(CCCCCCCC)=Nc2ccc(CCCCCCCCCCCCCCCCCCCCCCCCCC)cc2)cc1.[Ni]. The molecule has 0 unspecified atom stereocenters. The van der Waals surface area contributed by atoms with E-state index in [1.54, 1.807) is 0 Å². The Hall–Kier alpha value is -1.73. The second-order valence-electron chi connectivity index (χ2n) is 24.5. The van der Waals surface area contributed by atoms with Crippen LogP contribution in [0.5, 0.6) is 0 Å². The second-order valence-corrected chi connectivity index (χ2v) is 24.5. The van der Waals surface area contributed by atoms with E-state index in [4.69, 9.17) is 9.98 Å². The largest absolute Gasteiger partial charge is 0.255 e. The molecule has 0 aliphatic carbocycles. The number of aryl methyl sites for hydroxylation is 2. The van der Waals surface area contributed by atoms with E-state index in [-0.39, 0.29) is 16.5 Å². The standard InChI is InChI=1S/C74H132N2.Ni/c1-4-7-10-13-16-18-20-22-24-26-28-30-32-34-36-38-40-42-44-46-48-50-52-55-58-70-61-65-72(66-62-70)75-69-74(60-57-54-15-12-9-6-3)76-73-67-63-71(64-68-73)59-56-53-51-49-47-45-43-41-39-37-35-33-31-29-27-25-23-21-19-17-14-11-8-5-2;/h61-69H,4-60H2,1-3H3;. The van der Waals surface area contributed by atoms with E-state index in [9.17, 15) is 0 Å². The Morgan fingerprint density at radius 3 is 0.714 bits per heavy atom. The van der Waals surface area contributed by atoms with Crippen LogP contribution in [0.3, 0.4) is 0 Å². The molecule has 0 saturated heterocycles. The van der Waals surface area contributed by atoms with Gasteiger partial charge in [-0.2, -0.15) is 0 Å². The molecule has 0 fully saturated rings. The molecule has 0 aliphatic rings. The third-order valence-electron chi connectivity index (χ3n) is 16.9. The van der Waals surface area contributed by atoms with Crippen LogP contribution in [0.1, 0.15) is 385 Å².